The van der Waals surface area contributed by atoms with E-state index in [0.717, 1.165) is 11.1 Å². The summed E-state index contributed by atoms with van der Waals surface area (Å²) in [6, 6.07) is 7.88. The molecule has 0 saturated carbocycles. The molecule has 0 spiro atoms. The fourth-order valence-electron chi connectivity index (χ4n) is 1.21. The lowest BCUT2D eigenvalue weighted by molar-refractivity contribution is 0.185. The molecule has 0 radical (unpaired) electrons. The molecule has 0 unspecified atom stereocenters. The van der Waals surface area contributed by atoms with Crippen molar-refractivity contribution in [1.29, 1.82) is 0 Å². The van der Waals surface area contributed by atoms with E-state index >= 15 is 0 Å². The predicted molar refractivity (Wildman–Crippen MR) is 50.3 cm³/mol. The van der Waals surface area contributed by atoms with E-state index in [0.29, 0.717) is 12.4 Å². The second-order valence-corrected chi connectivity index (χ2v) is 2.88. The van der Waals surface area contributed by atoms with E-state index in [2.05, 4.69) is 20.6 Å². The highest BCUT2D eigenvalue weighted by atomic mass is 16.5. The third kappa shape index (κ3) is 1.77. The van der Waals surface area contributed by atoms with Gasteiger partial charge in [-0.2, -0.15) is 0 Å². The maximum Gasteiger partial charge on any atom is 0.179 e. The molecule has 14 heavy (non-hydrogen) atoms. The number of rotatable bonds is 3. The number of aromatic nitrogens is 4. The molecule has 0 saturated heterocycles. The quantitative estimate of drug-likeness (QED) is 0.784. The van der Waals surface area contributed by atoms with Crippen molar-refractivity contribution in [2.75, 3.05) is 7.11 Å². The lowest BCUT2D eigenvalue weighted by Crippen LogP contribution is -1.87. The smallest absolute Gasteiger partial charge is 0.179 e. The Labute approximate surface area is 81.1 Å². The second kappa shape index (κ2) is 3.97. The lowest BCUT2D eigenvalue weighted by atomic mass is 10.1. The summed E-state index contributed by atoms with van der Waals surface area (Å²) in [5.41, 5.74) is 2.10. The molecule has 0 atom stereocenters. The number of tetrazole rings is 1. The Morgan fingerprint density at radius 2 is 2.07 bits per heavy atom. The topological polar surface area (TPSA) is 63.7 Å². The maximum atomic E-state index is 5.01. The summed E-state index contributed by atoms with van der Waals surface area (Å²) in [7, 11) is 1.67. The minimum absolute atomic E-state index is 0.620. The molecular weight excluding hydrogens is 180 g/mol. The first-order valence-electron chi connectivity index (χ1n) is 4.22. The van der Waals surface area contributed by atoms with Crippen molar-refractivity contribution in [3.8, 4) is 11.4 Å². The summed E-state index contributed by atoms with van der Waals surface area (Å²) in [5, 5.41) is 13.5. The number of nitrogens with one attached hydrogen (secondary N) is 1. The zero-order valence-electron chi connectivity index (χ0n) is 7.77. The van der Waals surface area contributed by atoms with Crippen molar-refractivity contribution < 1.29 is 4.74 Å². The summed E-state index contributed by atoms with van der Waals surface area (Å²) in [6.45, 7) is 0.620. The number of H-pyrrole nitrogens is 1. The van der Waals surface area contributed by atoms with Crippen molar-refractivity contribution >= 4 is 0 Å². The zero-order chi connectivity index (χ0) is 9.80. The molecular formula is C9H10N4O. The van der Waals surface area contributed by atoms with Crippen LogP contribution in [0.4, 0.5) is 0 Å². The van der Waals surface area contributed by atoms with Crippen LogP contribution in [0.15, 0.2) is 24.3 Å². The van der Waals surface area contributed by atoms with E-state index in [-0.39, 0.29) is 0 Å². The van der Waals surface area contributed by atoms with Gasteiger partial charge in [0.1, 0.15) is 0 Å². The highest BCUT2D eigenvalue weighted by Crippen LogP contribution is 2.13. The maximum absolute atomic E-state index is 5.01. The molecule has 1 aromatic heterocycles. The standard InChI is InChI=1S/C9H10N4O/c1-14-6-7-2-4-8(5-3-7)9-10-12-13-11-9/h2-5H,6H2,1H3,(H,10,11,12,13). The molecule has 1 aromatic carbocycles. The van der Waals surface area contributed by atoms with Crippen molar-refractivity contribution in [3.63, 3.8) is 0 Å². The molecule has 5 heteroatoms. The molecule has 72 valence electrons. The summed E-state index contributed by atoms with van der Waals surface area (Å²) in [4.78, 5) is 0. The molecule has 0 fully saturated rings. The first-order chi connectivity index (χ1) is 6.90. The number of ether oxygens (including phenoxy) is 1. The van der Waals surface area contributed by atoms with Gasteiger partial charge in [0.25, 0.3) is 0 Å². The van der Waals surface area contributed by atoms with E-state index in [4.69, 9.17) is 4.74 Å². The average molecular weight is 190 g/mol. The molecule has 0 aliphatic carbocycles. The summed E-state index contributed by atoms with van der Waals surface area (Å²) < 4.78 is 5.01. The Kier molecular flexibility index (Phi) is 2.51. The van der Waals surface area contributed by atoms with Gasteiger partial charge in [-0.25, -0.2) is 5.10 Å². The lowest BCUT2D eigenvalue weighted by Gasteiger charge is -1.99. The predicted octanol–water partition coefficient (Wildman–Crippen LogP) is 1.01. The van der Waals surface area contributed by atoms with Crippen molar-refractivity contribution in [2.45, 2.75) is 6.61 Å². The highest BCUT2D eigenvalue weighted by molar-refractivity contribution is 5.53. The van der Waals surface area contributed by atoms with Crippen molar-refractivity contribution in [2.24, 2.45) is 0 Å². The van der Waals surface area contributed by atoms with Gasteiger partial charge in [0.05, 0.1) is 6.61 Å². The number of hydrogen-bond donors (Lipinski definition) is 1. The number of hydrogen-bond acceptors (Lipinski definition) is 4. The van der Waals surface area contributed by atoms with Gasteiger partial charge in [0.2, 0.25) is 0 Å². The minimum Gasteiger partial charge on any atom is -0.380 e. The van der Waals surface area contributed by atoms with E-state index < -0.39 is 0 Å². The van der Waals surface area contributed by atoms with Crippen LogP contribution in [0.1, 0.15) is 5.56 Å². The number of nitrogens with zero attached hydrogens (tertiary/aromatic N) is 3. The molecule has 2 rings (SSSR count). The fourth-order valence-corrected chi connectivity index (χ4v) is 1.21. The second-order valence-electron chi connectivity index (χ2n) is 2.88. The first kappa shape index (κ1) is 8.83. The Balaban J connectivity index is 2.22. The van der Waals surface area contributed by atoms with Gasteiger partial charge in [-0.3, -0.25) is 0 Å². The molecule has 1 heterocycles. The fraction of sp³-hybridized carbons (Fsp3) is 0.222. The van der Waals surface area contributed by atoms with E-state index in [9.17, 15) is 0 Å². The monoisotopic (exact) mass is 190 g/mol. The molecule has 0 amide bonds. The summed E-state index contributed by atoms with van der Waals surface area (Å²) in [5.74, 6) is 0.675. The molecule has 0 aliphatic heterocycles. The normalized spacial score (nSPS) is 10.4. The van der Waals surface area contributed by atoms with Crippen molar-refractivity contribution in [1.82, 2.24) is 20.6 Å². The highest BCUT2D eigenvalue weighted by Gasteiger charge is 2.00. The Hall–Kier alpha value is -1.75. The third-order valence-corrected chi connectivity index (χ3v) is 1.88. The van der Waals surface area contributed by atoms with Crippen LogP contribution >= 0.6 is 0 Å². The average Bonchev–Trinajstić information content (AvgIpc) is 2.72. The Morgan fingerprint density at radius 1 is 1.29 bits per heavy atom. The van der Waals surface area contributed by atoms with E-state index in [1.54, 1.807) is 7.11 Å². The van der Waals surface area contributed by atoms with Gasteiger partial charge in [0, 0.05) is 12.7 Å². The van der Waals surface area contributed by atoms with Gasteiger partial charge in [-0.15, -0.1) is 5.10 Å². The van der Waals surface area contributed by atoms with Gasteiger partial charge in [-0.1, -0.05) is 24.3 Å². The summed E-state index contributed by atoms with van der Waals surface area (Å²) >= 11 is 0. The molecule has 2 aromatic rings. The Bertz CT molecular complexity index is 382. The molecule has 0 aliphatic rings. The zero-order valence-corrected chi connectivity index (χ0v) is 7.77. The number of methoxy groups -OCH3 is 1. The Morgan fingerprint density at radius 3 is 2.64 bits per heavy atom. The van der Waals surface area contributed by atoms with Crippen LogP contribution in [0, 0.1) is 0 Å². The largest absolute Gasteiger partial charge is 0.380 e. The molecule has 1 N–H and O–H groups in total. The number of aromatic amines is 1. The summed E-state index contributed by atoms with van der Waals surface area (Å²) in [6.07, 6.45) is 0. The van der Waals surface area contributed by atoms with Crippen LogP contribution in [0.25, 0.3) is 11.4 Å². The SMILES string of the molecule is COCc1ccc(-c2nnn[nH]2)cc1. The van der Waals surface area contributed by atoms with Crippen LogP contribution in [-0.4, -0.2) is 27.7 Å². The van der Waals surface area contributed by atoms with Gasteiger partial charge >= 0.3 is 0 Å². The van der Waals surface area contributed by atoms with Crippen LogP contribution in [-0.2, 0) is 11.3 Å². The minimum atomic E-state index is 0.620. The number of benzene rings is 1. The van der Waals surface area contributed by atoms with Crippen molar-refractivity contribution in [3.05, 3.63) is 29.8 Å². The van der Waals surface area contributed by atoms with Crippen LogP contribution < -0.4 is 0 Å². The van der Waals surface area contributed by atoms with Gasteiger partial charge in [0.15, 0.2) is 5.82 Å². The van der Waals surface area contributed by atoms with Gasteiger partial charge < -0.3 is 4.74 Å². The van der Waals surface area contributed by atoms with E-state index in [1.165, 1.54) is 0 Å². The van der Waals surface area contributed by atoms with Gasteiger partial charge in [-0.05, 0) is 16.0 Å². The first-order valence-corrected chi connectivity index (χ1v) is 4.22. The molecule has 5 nitrogen and oxygen atoms in total. The van der Waals surface area contributed by atoms with Crippen LogP contribution in [0.5, 0.6) is 0 Å². The van der Waals surface area contributed by atoms with Crippen LogP contribution in [0.2, 0.25) is 0 Å². The van der Waals surface area contributed by atoms with E-state index in [1.807, 2.05) is 24.3 Å². The van der Waals surface area contributed by atoms with Crippen LogP contribution in [0.3, 0.4) is 0 Å². The molecule has 0 bridgehead atoms. The third-order valence-electron chi connectivity index (χ3n) is 1.88.